The molecule has 0 bridgehead atoms. The molecule has 0 radical (unpaired) electrons. The van der Waals surface area contributed by atoms with Crippen molar-refractivity contribution in [1.82, 2.24) is 9.62 Å². The van der Waals surface area contributed by atoms with Crippen molar-refractivity contribution in [1.29, 1.82) is 0 Å². The Balaban J connectivity index is 1.79. The van der Waals surface area contributed by atoms with E-state index >= 15 is 0 Å². The van der Waals surface area contributed by atoms with E-state index in [0.29, 0.717) is 30.8 Å². The molecule has 2 N–H and O–H groups in total. The molecule has 1 aliphatic rings. The van der Waals surface area contributed by atoms with Gasteiger partial charge in [-0.15, -0.1) is 0 Å². The van der Waals surface area contributed by atoms with Gasteiger partial charge in [0.1, 0.15) is 0 Å². The van der Waals surface area contributed by atoms with Gasteiger partial charge in [-0.1, -0.05) is 30.3 Å². The first-order chi connectivity index (χ1) is 14.7. The lowest BCUT2D eigenvalue weighted by atomic mass is 9.86. The van der Waals surface area contributed by atoms with Crippen LogP contribution in [-0.4, -0.2) is 49.5 Å². The van der Waals surface area contributed by atoms with Crippen LogP contribution in [0.1, 0.15) is 49.0 Å². The normalized spacial score (nSPS) is 19.3. The van der Waals surface area contributed by atoms with E-state index in [1.807, 2.05) is 18.2 Å². The molecule has 2 aromatic rings. The van der Waals surface area contributed by atoms with Crippen LogP contribution in [0.15, 0.2) is 54.6 Å². The Morgan fingerprint density at radius 3 is 2.26 bits per heavy atom. The molecule has 0 saturated carbocycles. The first-order valence-electron chi connectivity index (χ1n) is 10.4. The lowest BCUT2D eigenvalue weighted by molar-refractivity contribution is -0.130. The summed E-state index contributed by atoms with van der Waals surface area (Å²) < 4.78 is 27.8. The topological polar surface area (TPSA) is 95.6 Å². The molecule has 2 aromatic carbocycles. The molecule has 1 heterocycles. The highest BCUT2D eigenvalue weighted by Crippen LogP contribution is 2.29. The molecule has 1 aliphatic heterocycles. The maximum Gasteiger partial charge on any atom is 0.255 e. The molecule has 0 aromatic heterocycles. The minimum atomic E-state index is -3.44. The van der Waals surface area contributed by atoms with E-state index in [1.54, 1.807) is 55.1 Å². The zero-order chi connectivity index (χ0) is 22.6. The van der Waals surface area contributed by atoms with Crippen LogP contribution >= 0.6 is 0 Å². The monoisotopic (exact) mass is 443 g/mol. The van der Waals surface area contributed by atoms with Gasteiger partial charge in [-0.05, 0) is 50.1 Å². The molecule has 0 aliphatic carbocycles. The predicted octanol–water partition coefficient (Wildman–Crippen LogP) is 2.97. The van der Waals surface area contributed by atoms with Crippen molar-refractivity contribution >= 4 is 27.5 Å². The lowest BCUT2D eigenvalue weighted by Gasteiger charge is -2.39. The number of hydrogen-bond acceptors (Lipinski definition) is 4. The van der Waals surface area contributed by atoms with Gasteiger partial charge < -0.3 is 10.2 Å². The molecule has 31 heavy (non-hydrogen) atoms. The molecule has 1 fully saturated rings. The fraction of sp³-hybridized carbons (Fsp3) is 0.391. The third-order valence-corrected chi connectivity index (χ3v) is 7.50. The number of amides is 2. The number of rotatable bonds is 6. The van der Waals surface area contributed by atoms with E-state index in [9.17, 15) is 18.0 Å². The Labute approximate surface area is 183 Å². The van der Waals surface area contributed by atoms with Gasteiger partial charge in [-0.3, -0.25) is 9.59 Å². The SMILES string of the molecule is CC(=O)N1CC[C@H](NS(=O)(=O)C(C)C)[C@@H](c2ccc(NC(=O)c3ccccc3)cc2)C1. The zero-order valence-corrected chi connectivity index (χ0v) is 18.9. The molecule has 0 unspecified atom stereocenters. The summed E-state index contributed by atoms with van der Waals surface area (Å²) in [6, 6.07) is 16.0. The maximum absolute atomic E-state index is 12.5. The average molecular weight is 444 g/mol. The number of carbonyl (C=O) groups excluding carboxylic acids is 2. The number of carbonyl (C=O) groups is 2. The highest BCUT2D eigenvalue weighted by molar-refractivity contribution is 7.90. The number of hydrogen-bond donors (Lipinski definition) is 2. The van der Waals surface area contributed by atoms with Gasteiger partial charge in [-0.25, -0.2) is 13.1 Å². The summed E-state index contributed by atoms with van der Waals surface area (Å²) in [4.78, 5) is 26.0. The van der Waals surface area contributed by atoms with E-state index in [0.717, 1.165) is 5.56 Å². The number of nitrogens with zero attached hydrogens (tertiary/aromatic N) is 1. The third kappa shape index (κ3) is 5.71. The molecular weight excluding hydrogens is 414 g/mol. The number of anilines is 1. The summed E-state index contributed by atoms with van der Waals surface area (Å²) >= 11 is 0. The first-order valence-corrected chi connectivity index (χ1v) is 11.9. The summed E-state index contributed by atoms with van der Waals surface area (Å²) in [5, 5.41) is 2.33. The first kappa shape index (κ1) is 23.0. The van der Waals surface area contributed by atoms with Crippen molar-refractivity contribution in [2.45, 2.75) is 44.4 Å². The van der Waals surface area contributed by atoms with Gasteiger partial charge in [0, 0.05) is 43.2 Å². The largest absolute Gasteiger partial charge is 0.342 e. The molecule has 8 heteroatoms. The molecule has 2 amide bonds. The fourth-order valence-electron chi connectivity index (χ4n) is 3.67. The van der Waals surface area contributed by atoms with Crippen LogP contribution in [0.2, 0.25) is 0 Å². The van der Waals surface area contributed by atoms with Crippen molar-refractivity contribution in [3.05, 3.63) is 65.7 Å². The molecule has 2 atom stereocenters. The van der Waals surface area contributed by atoms with Crippen molar-refractivity contribution in [3.8, 4) is 0 Å². The zero-order valence-electron chi connectivity index (χ0n) is 18.0. The van der Waals surface area contributed by atoms with Crippen molar-refractivity contribution in [2.75, 3.05) is 18.4 Å². The Morgan fingerprint density at radius 1 is 1.03 bits per heavy atom. The van der Waals surface area contributed by atoms with E-state index < -0.39 is 15.3 Å². The minimum absolute atomic E-state index is 0.0260. The highest BCUT2D eigenvalue weighted by atomic mass is 32.2. The smallest absolute Gasteiger partial charge is 0.255 e. The van der Waals surface area contributed by atoms with E-state index in [4.69, 9.17) is 0 Å². The molecule has 166 valence electrons. The van der Waals surface area contributed by atoms with Gasteiger partial charge in [0.05, 0.1) is 5.25 Å². The Hall–Kier alpha value is -2.71. The quantitative estimate of drug-likeness (QED) is 0.718. The third-order valence-electron chi connectivity index (χ3n) is 5.63. The summed E-state index contributed by atoms with van der Waals surface area (Å²) in [5.74, 6) is -0.400. The minimum Gasteiger partial charge on any atom is -0.342 e. The van der Waals surface area contributed by atoms with Gasteiger partial charge >= 0.3 is 0 Å². The second kappa shape index (κ2) is 9.62. The Bertz CT molecular complexity index is 1020. The molecule has 1 saturated heterocycles. The van der Waals surface area contributed by atoms with Crippen LogP contribution in [0.25, 0.3) is 0 Å². The Kier molecular flexibility index (Phi) is 7.12. The van der Waals surface area contributed by atoms with Crippen molar-refractivity contribution in [2.24, 2.45) is 0 Å². The summed E-state index contributed by atoms with van der Waals surface area (Å²) in [6.45, 7) is 5.77. The van der Waals surface area contributed by atoms with E-state index in [-0.39, 0.29) is 23.8 Å². The summed E-state index contributed by atoms with van der Waals surface area (Å²) in [5.41, 5.74) is 2.13. The molecule has 7 nitrogen and oxygen atoms in total. The average Bonchev–Trinajstić information content (AvgIpc) is 2.74. The van der Waals surface area contributed by atoms with Gasteiger partial charge in [0.25, 0.3) is 5.91 Å². The van der Waals surface area contributed by atoms with Crippen LogP contribution in [0.5, 0.6) is 0 Å². The van der Waals surface area contributed by atoms with Gasteiger partial charge in [-0.2, -0.15) is 0 Å². The standard InChI is InChI=1S/C23H29N3O4S/c1-16(2)31(29,30)25-22-13-14-26(17(3)27)15-21(22)18-9-11-20(12-10-18)24-23(28)19-7-5-4-6-8-19/h4-12,16,21-22,25H,13-15H2,1-3H3,(H,24,28)/t21-,22+/m1/s1. The highest BCUT2D eigenvalue weighted by Gasteiger charge is 2.34. The van der Waals surface area contributed by atoms with Crippen LogP contribution in [0.4, 0.5) is 5.69 Å². The van der Waals surface area contributed by atoms with Crippen molar-refractivity contribution in [3.63, 3.8) is 0 Å². The fourth-order valence-corrected chi connectivity index (χ4v) is 4.65. The predicted molar refractivity (Wildman–Crippen MR) is 121 cm³/mol. The van der Waals surface area contributed by atoms with Crippen molar-refractivity contribution < 1.29 is 18.0 Å². The number of likely N-dealkylation sites (tertiary alicyclic amines) is 1. The molecule has 3 rings (SSSR count). The van der Waals surface area contributed by atoms with Crippen LogP contribution < -0.4 is 10.0 Å². The van der Waals surface area contributed by atoms with Crippen LogP contribution in [-0.2, 0) is 14.8 Å². The lowest BCUT2D eigenvalue weighted by Crippen LogP contribution is -2.51. The molecular formula is C23H29N3O4S. The number of sulfonamides is 1. The number of benzene rings is 2. The molecule has 0 spiro atoms. The number of piperidine rings is 1. The van der Waals surface area contributed by atoms with E-state index in [1.165, 1.54) is 6.92 Å². The summed E-state index contributed by atoms with van der Waals surface area (Å²) in [7, 11) is -3.44. The van der Waals surface area contributed by atoms with Gasteiger partial charge in [0.2, 0.25) is 15.9 Å². The Morgan fingerprint density at radius 2 is 1.68 bits per heavy atom. The number of nitrogens with one attached hydrogen (secondary N) is 2. The maximum atomic E-state index is 12.5. The van der Waals surface area contributed by atoms with Crippen LogP contribution in [0, 0.1) is 0 Å². The second-order valence-corrected chi connectivity index (χ2v) is 10.4. The van der Waals surface area contributed by atoms with Crippen LogP contribution in [0.3, 0.4) is 0 Å². The second-order valence-electron chi connectivity index (χ2n) is 8.12. The summed E-state index contributed by atoms with van der Waals surface area (Å²) in [6.07, 6.45) is 0.544. The van der Waals surface area contributed by atoms with Gasteiger partial charge in [0.15, 0.2) is 0 Å². The van der Waals surface area contributed by atoms with E-state index in [2.05, 4.69) is 10.0 Å².